The number of nitrogens with two attached hydrogens (primary N) is 1. The Kier molecular flexibility index (Phi) is 7.01. The first kappa shape index (κ1) is 24.9. The molecular weight excluding hydrogens is 476 g/mol. The summed E-state index contributed by atoms with van der Waals surface area (Å²) in [4.78, 5) is 21.3. The zero-order valence-electron chi connectivity index (χ0n) is 18.9. The average molecular weight is 503 g/mol. The summed E-state index contributed by atoms with van der Waals surface area (Å²) < 4.78 is 32.2. The van der Waals surface area contributed by atoms with Gasteiger partial charge in [-0.25, -0.2) is 15.1 Å². The third-order valence-electron chi connectivity index (χ3n) is 6.12. The molecule has 12 heteroatoms. The molecule has 4 rings (SSSR count). The summed E-state index contributed by atoms with van der Waals surface area (Å²) >= 11 is 0. The van der Waals surface area contributed by atoms with Crippen LogP contribution in [-0.2, 0) is 20.1 Å². The van der Waals surface area contributed by atoms with Gasteiger partial charge in [0.15, 0.2) is 5.76 Å². The average Bonchev–Trinajstić information content (AvgIpc) is 3.45. The monoisotopic (exact) mass is 502 g/mol. The number of hydrogen-bond acceptors (Lipinski definition) is 10. The molecule has 4 atom stereocenters. The lowest BCUT2D eigenvalue weighted by molar-refractivity contribution is 0.100. The zero-order chi connectivity index (χ0) is 25.2. The SMILES string of the molecule is C[C@@](O)(c1ccccc1)c1coc(C(=O)c2cncnc2N[C@@H]2C[C@H](COS(N)(=O)=O)[C@@H](O)C2)c1. The normalized spacial score (nSPS) is 22.0. The molecule has 2 aromatic heterocycles. The lowest BCUT2D eigenvalue weighted by Crippen LogP contribution is -2.24. The van der Waals surface area contributed by atoms with Gasteiger partial charge in [0.1, 0.15) is 17.7 Å². The molecule has 2 heterocycles. The van der Waals surface area contributed by atoms with E-state index in [1.165, 1.54) is 24.9 Å². The molecule has 1 aromatic carbocycles. The standard InChI is InChI=1S/C23H26N4O7S/c1-23(30,15-5-3-2-4-6-15)16-8-20(33-12-16)21(29)18-10-25-13-26-22(18)27-17-7-14(19(28)9-17)11-34-35(24,31)32/h2-6,8,10,12-14,17,19,28,30H,7,9,11H2,1H3,(H2,24,31,32)(H,25,26,27)/t14-,17-,19+,23-/m1/s1. The Bertz CT molecular complexity index is 1290. The molecule has 11 nitrogen and oxygen atoms in total. The highest BCUT2D eigenvalue weighted by atomic mass is 32.2. The van der Waals surface area contributed by atoms with Crippen LogP contribution in [0.5, 0.6) is 0 Å². The van der Waals surface area contributed by atoms with E-state index in [0.717, 1.165) is 0 Å². The smallest absolute Gasteiger partial charge is 0.333 e. The molecule has 1 fully saturated rings. The number of anilines is 1. The summed E-state index contributed by atoms with van der Waals surface area (Å²) in [7, 11) is -4.11. The lowest BCUT2D eigenvalue weighted by Gasteiger charge is -2.22. The molecule has 1 aliphatic rings. The van der Waals surface area contributed by atoms with Crippen LogP contribution in [-0.4, -0.2) is 53.1 Å². The van der Waals surface area contributed by atoms with E-state index in [9.17, 15) is 23.4 Å². The number of benzene rings is 1. The fourth-order valence-electron chi connectivity index (χ4n) is 4.16. The van der Waals surface area contributed by atoms with Crippen LogP contribution in [0.2, 0.25) is 0 Å². The van der Waals surface area contributed by atoms with Crippen LogP contribution in [0.25, 0.3) is 0 Å². The molecule has 0 saturated heterocycles. The van der Waals surface area contributed by atoms with Gasteiger partial charge >= 0.3 is 10.3 Å². The number of aliphatic hydroxyl groups is 2. The first-order valence-electron chi connectivity index (χ1n) is 10.9. The molecule has 0 unspecified atom stereocenters. The van der Waals surface area contributed by atoms with Crippen molar-refractivity contribution in [3.05, 3.63) is 77.6 Å². The molecule has 5 N–H and O–H groups in total. The Balaban J connectivity index is 1.50. The van der Waals surface area contributed by atoms with E-state index in [2.05, 4.69) is 19.5 Å². The number of carbonyl (C=O) groups is 1. The fraction of sp³-hybridized carbons (Fsp3) is 0.348. The quantitative estimate of drug-likeness (QED) is 0.312. The number of aliphatic hydroxyl groups excluding tert-OH is 1. The fourth-order valence-corrected chi connectivity index (χ4v) is 4.52. The molecule has 0 radical (unpaired) electrons. The van der Waals surface area contributed by atoms with E-state index in [1.54, 1.807) is 31.2 Å². The topological polar surface area (TPSA) is 178 Å². The first-order chi connectivity index (χ1) is 16.5. The summed E-state index contributed by atoms with van der Waals surface area (Å²) in [6.45, 7) is 1.37. The molecular formula is C23H26N4O7S. The van der Waals surface area contributed by atoms with Gasteiger partial charge < -0.3 is 19.9 Å². The van der Waals surface area contributed by atoms with Crippen molar-refractivity contribution in [1.29, 1.82) is 0 Å². The minimum absolute atomic E-state index is 0.0000540. The van der Waals surface area contributed by atoms with Gasteiger partial charge in [-0.05, 0) is 31.4 Å². The van der Waals surface area contributed by atoms with Crippen LogP contribution in [0.15, 0.2) is 59.6 Å². The maximum atomic E-state index is 13.2. The Hall–Kier alpha value is -3.16. The second-order valence-corrected chi connectivity index (χ2v) is 9.89. The van der Waals surface area contributed by atoms with E-state index in [1.807, 2.05) is 6.07 Å². The van der Waals surface area contributed by atoms with Crippen LogP contribution in [0.4, 0.5) is 5.82 Å². The number of hydrogen-bond donors (Lipinski definition) is 4. The van der Waals surface area contributed by atoms with Crippen molar-refractivity contribution in [2.75, 3.05) is 11.9 Å². The first-order valence-corrected chi connectivity index (χ1v) is 12.3. The second kappa shape index (κ2) is 9.84. The number of nitrogens with one attached hydrogen (secondary N) is 1. The maximum Gasteiger partial charge on any atom is 0.333 e. The number of nitrogens with zero attached hydrogens (tertiary/aromatic N) is 2. The van der Waals surface area contributed by atoms with Crippen LogP contribution in [0, 0.1) is 5.92 Å². The van der Waals surface area contributed by atoms with Gasteiger partial charge in [0.05, 0.1) is 24.5 Å². The molecule has 1 saturated carbocycles. The Morgan fingerprint density at radius 1 is 1.29 bits per heavy atom. The van der Waals surface area contributed by atoms with Gasteiger partial charge in [-0.2, -0.15) is 8.42 Å². The van der Waals surface area contributed by atoms with Crippen molar-refractivity contribution in [3.63, 3.8) is 0 Å². The molecule has 0 bridgehead atoms. The molecule has 35 heavy (non-hydrogen) atoms. The number of carbonyl (C=O) groups excluding carboxylic acids is 1. The van der Waals surface area contributed by atoms with Gasteiger partial charge in [-0.1, -0.05) is 30.3 Å². The highest BCUT2D eigenvalue weighted by Gasteiger charge is 2.35. The molecule has 186 valence electrons. The predicted molar refractivity (Wildman–Crippen MR) is 124 cm³/mol. The van der Waals surface area contributed by atoms with Crippen molar-refractivity contribution in [3.8, 4) is 0 Å². The number of furan rings is 1. The van der Waals surface area contributed by atoms with Crippen LogP contribution in [0.3, 0.4) is 0 Å². The predicted octanol–water partition coefficient (Wildman–Crippen LogP) is 1.33. The van der Waals surface area contributed by atoms with E-state index in [4.69, 9.17) is 9.56 Å². The number of aromatic nitrogens is 2. The Morgan fingerprint density at radius 2 is 2.03 bits per heavy atom. The summed E-state index contributed by atoms with van der Waals surface area (Å²) in [5.74, 6) is -0.710. The van der Waals surface area contributed by atoms with E-state index < -0.39 is 33.7 Å². The van der Waals surface area contributed by atoms with Crippen molar-refractivity contribution in [2.24, 2.45) is 11.1 Å². The summed E-state index contributed by atoms with van der Waals surface area (Å²) in [6.07, 6.45) is 3.81. The minimum atomic E-state index is -4.11. The largest absolute Gasteiger partial charge is 0.460 e. The summed E-state index contributed by atoms with van der Waals surface area (Å²) in [5, 5.41) is 29.3. The number of rotatable bonds is 9. The van der Waals surface area contributed by atoms with E-state index in [0.29, 0.717) is 24.0 Å². The van der Waals surface area contributed by atoms with E-state index >= 15 is 0 Å². The van der Waals surface area contributed by atoms with Crippen molar-refractivity contribution in [1.82, 2.24) is 9.97 Å². The summed E-state index contributed by atoms with van der Waals surface area (Å²) in [6, 6.07) is 10.2. The third kappa shape index (κ3) is 5.74. The molecule has 3 aromatic rings. The maximum absolute atomic E-state index is 13.2. The van der Waals surface area contributed by atoms with E-state index in [-0.39, 0.29) is 29.8 Å². The highest BCUT2D eigenvalue weighted by Crippen LogP contribution is 2.32. The lowest BCUT2D eigenvalue weighted by atomic mass is 9.90. The van der Waals surface area contributed by atoms with Gasteiger partial charge in [0.2, 0.25) is 5.78 Å². The van der Waals surface area contributed by atoms with Crippen LogP contribution in [0.1, 0.15) is 47.0 Å². The van der Waals surface area contributed by atoms with Crippen LogP contribution >= 0.6 is 0 Å². The van der Waals surface area contributed by atoms with Gasteiger partial charge in [0.25, 0.3) is 0 Å². The van der Waals surface area contributed by atoms with Gasteiger partial charge in [-0.3, -0.25) is 8.98 Å². The second-order valence-electron chi connectivity index (χ2n) is 8.67. The molecule has 0 aliphatic heterocycles. The Morgan fingerprint density at radius 3 is 2.74 bits per heavy atom. The molecule has 1 aliphatic carbocycles. The van der Waals surface area contributed by atoms with Gasteiger partial charge in [-0.15, -0.1) is 0 Å². The van der Waals surface area contributed by atoms with Crippen molar-refractivity contribution >= 4 is 21.9 Å². The zero-order valence-corrected chi connectivity index (χ0v) is 19.7. The minimum Gasteiger partial charge on any atom is -0.460 e. The number of ketones is 1. The summed E-state index contributed by atoms with van der Waals surface area (Å²) in [5.41, 5.74) is -0.168. The van der Waals surface area contributed by atoms with Crippen molar-refractivity contribution < 1.29 is 32.0 Å². The van der Waals surface area contributed by atoms with Crippen LogP contribution < -0.4 is 10.5 Å². The molecule has 0 amide bonds. The van der Waals surface area contributed by atoms with Crippen molar-refractivity contribution in [2.45, 2.75) is 37.5 Å². The molecule has 0 spiro atoms. The van der Waals surface area contributed by atoms with Gasteiger partial charge in [0, 0.05) is 23.7 Å². The Labute approximate surface area is 202 Å². The third-order valence-corrected chi connectivity index (χ3v) is 6.59. The highest BCUT2D eigenvalue weighted by molar-refractivity contribution is 7.84.